The summed E-state index contributed by atoms with van der Waals surface area (Å²) in [5, 5.41) is 3.63. The molecule has 1 N–H and O–H groups in total. The van der Waals surface area contributed by atoms with Gasteiger partial charge in [0.25, 0.3) is 0 Å². The topological polar surface area (TPSA) is 12.0 Å². The van der Waals surface area contributed by atoms with Gasteiger partial charge in [-0.1, -0.05) is 61.0 Å². The molecular formula is C19H25N. The Labute approximate surface area is 123 Å². The maximum absolute atomic E-state index is 3.63. The zero-order chi connectivity index (χ0) is 14.4. The van der Waals surface area contributed by atoms with Gasteiger partial charge in [-0.15, -0.1) is 0 Å². The van der Waals surface area contributed by atoms with Crippen LogP contribution in [0.15, 0.2) is 48.5 Å². The number of hydrogen-bond donors (Lipinski definition) is 1. The van der Waals surface area contributed by atoms with Gasteiger partial charge in [0.15, 0.2) is 0 Å². The smallest absolute Gasteiger partial charge is 0.0325 e. The van der Waals surface area contributed by atoms with Crippen LogP contribution in [-0.2, 0) is 6.42 Å². The molecule has 0 aliphatic carbocycles. The van der Waals surface area contributed by atoms with Gasteiger partial charge in [-0.3, -0.25) is 0 Å². The highest BCUT2D eigenvalue weighted by Gasteiger charge is 2.12. The van der Waals surface area contributed by atoms with Crippen molar-refractivity contribution in [3.05, 3.63) is 70.8 Å². The normalized spacial score (nSPS) is 12.3. The highest BCUT2D eigenvalue weighted by molar-refractivity contribution is 5.33. The Bertz CT molecular complexity index is 531. The van der Waals surface area contributed by atoms with Crippen LogP contribution in [0.2, 0.25) is 0 Å². The van der Waals surface area contributed by atoms with Gasteiger partial charge in [-0.05, 0) is 49.9 Å². The SMILES string of the molecule is CCNC(CCc1ccccc1)c1ccc(C)cc1C. The largest absolute Gasteiger partial charge is 0.310 e. The summed E-state index contributed by atoms with van der Waals surface area (Å²) in [6.07, 6.45) is 2.26. The molecule has 0 heterocycles. The van der Waals surface area contributed by atoms with Crippen molar-refractivity contribution in [3.63, 3.8) is 0 Å². The van der Waals surface area contributed by atoms with Crippen molar-refractivity contribution in [2.24, 2.45) is 0 Å². The number of rotatable bonds is 6. The monoisotopic (exact) mass is 267 g/mol. The molecular weight excluding hydrogens is 242 g/mol. The van der Waals surface area contributed by atoms with E-state index in [9.17, 15) is 0 Å². The van der Waals surface area contributed by atoms with E-state index < -0.39 is 0 Å². The number of benzene rings is 2. The van der Waals surface area contributed by atoms with Gasteiger partial charge in [0.05, 0.1) is 0 Å². The Balaban J connectivity index is 2.10. The fourth-order valence-electron chi connectivity index (χ4n) is 2.79. The zero-order valence-electron chi connectivity index (χ0n) is 12.8. The van der Waals surface area contributed by atoms with E-state index in [0.717, 1.165) is 19.4 Å². The summed E-state index contributed by atoms with van der Waals surface area (Å²) in [6.45, 7) is 7.56. The van der Waals surface area contributed by atoms with Crippen LogP contribution in [-0.4, -0.2) is 6.54 Å². The molecule has 0 saturated heterocycles. The van der Waals surface area contributed by atoms with Crippen molar-refractivity contribution in [2.45, 2.75) is 39.7 Å². The third kappa shape index (κ3) is 3.94. The predicted octanol–water partition coefficient (Wildman–Crippen LogP) is 4.59. The summed E-state index contributed by atoms with van der Waals surface area (Å²) < 4.78 is 0. The van der Waals surface area contributed by atoms with Gasteiger partial charge in [0, 0.05) is 6.04 Å². The van der Waals surface area contributed by atoms with E-state index in [4.69, 9.17) is 0 Å². The molecule has 0 fully saturated rings. The van der Waals surface area contributed by atoms with E-state index >= 15 is 0 Å². The lowest BCUT2D eigenvalue weighted by atomic mass is 9.94. The number of hydrogen-bond acceptors (Lipinski definition) is 1. The molecule has 1 atom stereocenters. The predicted molar refractivity (Wildman–Crippen MR) is 87.1 cm³/mol. The zero-order valence-corrected chi connectivity index (χ0v) is 12.8. The fourth-order valence-corrected chi connectivity index (χ4v) is 2.79. The van der Waals surface area contributed by atoms with E-state index in [1.807, 2.05) is 0 Å². The van der Waals surface area contributed by atoms with E-state index in [0.29, 0.717) is 6.04 Å². The summed E-state index contributed by atoms with van der Waals surface area (Å²) in [5.41, 5.74) is 5.59. The molecule has 0 bridgehead atoms. The van der Waals surface area contributed by atoms with Gasteiger partial charge in [0.2, 0.25) is 0 Å². The minimum Gasteiger partial charge on any atom is -0.310 e. The fraction of sp³-hybridized carbons (Fsp3) is 0.368. The van der Waals surface area contributed by atoms with Gasteiger partial charge in [-0.2, -0.15) is 0 Å². The summed E-state index contributed by atoms with van der Waals surface area (Å²) in [7, 11) is 0. The first-order valence-electron chi connectivity index (χ1n) is 7.55. The van der Waals surface area contributed by atoms with Crippen molar-refractivity contribution in [1.29, 1.82) is 0 Å². The van der Waals surface area contributed by atoms with Crippen LogP contribution in [0.1, 0.15) is 41.6 Å². The van der Waals surface area contributed by atoms with Crippen molar-refractivity contribution in [3.8, 4) is 0 Å². The van der Waals surface area contributed by atoms with Crippen LogP contribution in [0.5, 0.6) is 0 Å². The quantitative estimate of drug-likeness (QED) is 0.807. The summed E-state index contributed by atoms with van der Waals surface area (Å²) in [4.78, 5) is 0. The van der Waals surface area contributed by atoms with Crippen LogP contribution in [0.3, 0.4) is 0 Å². The van der Waals surface area contributed by atoms with E-state index in [1.165, 1.54) is 22.3 Å². The highest BCUT2D eigenvalue weighted by atomic mass is 14.9. The van der Waals surface area contributed by atoms with Crippen molar-refractivity contribution in [1.82, 2.24) is 5.32 Å². The van der Waals surface area contributed by atoms with Crippen molar-refractivity contribution >= 4 is 0 Å². The van der Waals surface area contributed by atoms with Gasteiger partial charge < -0.3 is 5.32 Å². The average molecular weight is 267 g/mol. The van der Waals surface area contributed by atoms with Gasteiger partial charge in [0.1, 0.15) is 0 Å². The third-order valence-corrected chi connectivity index (χ3v) is 3.82. The maximum Gasteiger partial charge on any atom is 0.0325 e. The molecule has 2 rings (SSSR count). The average Bonchev–Trinajstić information content (AvgIpc) is 2.45. The molecule has 0 radical (unpaired) electrons. The third-order valence-electron chi connectivity index (χ3n) is 3.82. The lowest BCUT2D eigenvalue weighted by molar-refractivity contribution is 0.513. The van der Waals surface area contributed by atoms with E-state index in [1.54, 1.807) is 0 Å². The second-order valence-corrected chi connectivity index (χ2v) is 5.49. The number of aryl methyl sites for hydroxylation is 3. The molecule has 0 aromatic heterocycles. The first-order valence-corrected chi connectivity index (χ1v) is 7.55. The van der Waals surface area contributed by atoms with Gasteiger partial charge in [-0.25, -0.2) is 0 Å². The van der Waals surface area contributed by atoms with Crippen LogP contribution in [0, 0.1) is 13.8 Å². The van der Waals surface area contributed by atoms with Crippen molar-refractivity contribution in [2.75, 3.05) is 6.54 Å². The van der Waals surface area contributed by atoms with Gasteiger partial charge >= 0.3 is 0 Å². The van der Waals surface area contributed by atoms with E-state index in [-0.39, 0.29) is 0 Å². The standard InChI is InChI=1S/C19H25N/c1-4-20-19(13-11-17-8-6-5-7-9-17)18-12-10-15(2)14-16(18)3/h5-10,12,14,19-20H,4,11,13H2,1-3H3. The minimum atomic E-state index is 0.445. The Morgan fingerprint density at radius 2 is 1.75 bits per heavy atom. The Morgan fingerprint density at radius 1 is 1.00 bits per heavy atom. The Morgan fingerprint density at radius 3 is 2.40 bits per heavy atom. The van der Waals surface area contributed by atoms with E-state index in [2.05, 4.69) is 74.6 Å². The molecule has 0 saturated carbocycles. The molecule has 20 heavy (non-hydrogen) atoms. The summed E-state index contributed by atoms with van der Waals surface area (Å²) in [5.74, 6) is 0. The lowest BCUT2D eigenvalue weighted by Crippen LogP contribution is -2.22. The second kappa shape index (κ2) is 7.25. The lowest BCUT2D eigenvalue weighted by Gasteiger charge is -2.21. The Kier molecular flexibility index (Phi) is 5.37. The van der Waals surface area contributed by atoms with Crippen LogP contribution in [0.25, 0.3) is 0 Å². The van der Waals surface area contributed by atoms with Crippen molar-refractivity contribution < 1.29 is 0 Å². The molecule has 106 valence electrons. The van der Waals surface area contributed by atoms with Crippen LogP contribution < -0.4 is 5.32 Å². The molecule has 0 aliphatic heterocycles. The highest BCUT2D eigenvalue weighted by Crippen LogP contribution is 2.23. The first-order chi connectivity index (χ1) is 9.70. The van der Waals surface area contributed by atoms with Crippen LogP contribution in [0.4, 0.5) is 0 Å². The first kappa shape index (κ1) is 14.8. The minimum absolute atomic E-state index is 0.445. The molecule has 2 aromatic carbocycles. The number of nitrogens with one attached hydrogen (secondary N) is 1. The maximum atomic E-state index is 3.63. The summed E-state index contributed by atoms with van der Waals surface area (Å²) in [6, 6.07) is 18.0. The van der Waals surface area contributed by atoms with Crippen LogP contribution >= 0.6 is 0 Å². The molecule has 1 nitrogen and oxygen atoms in total. The molecule has 0 spiro atoms. The second-order valence-electron chi connectivity index (χ2n) is 5.49. The summed E-state index contributed by atoms with van der Waals surface area (Å²) >= 11 is 0. The Hall–Kier alpha value is -1.60. The molecule has 0 aliphatic rings. The molecule has 2 aromatic rings. The molecule has 1 heteroatoms. The molecule has 1 unspecified atom stereocenters. The molecule has 0 amide bonds.